The Kier molecular flexibility index (Phi) is 6.26. The molecule has 184 valence electrons. The fourth-order valence-electron chi connectivity index (χ4n) is 6.25. The number of carbonyl (C=O) groups excluding carboxylic acids is 1. The van der Waals surface area contributed by atoms with E-state index in [1.807, 2.05) is 23.0 Å². The Morgan fingerprint density at radius 2 is 1.94 bits per heavy atom. The van der Waals surface area contributed by atoms with Crippen molar-refractivity contribution < 1.29 is 9.18 Å². The number of amides is 1. The second-order valence-corrected chi connectivity index (χ2v) is 12.0. The summed E-state index contributed by atoms with van der Waals surface area (Å²) in [6.45, 7) is 8.07. The Hall–Kier alpha value is -1.92. The minimum absolute atomic E-state index is 0.0237. The van der Waals surface area contributed by atoms with Gasteiger partial charge in [-0.25, -0.2) is 4.39 Å². The minimum Gasteiger partial charge on any atom is -0.341 e. The quantitative estimate of drug-likeness (QED) is 0.596. The highest BCUT2D eigenvalue weighted by molar-refractivity contribution is 6.30. The molecule has 1 amide bonds. The summed E-state index contributed by atoms with van der Waals surface area (Å²) in [7, 11) is 0. The lowest BCUT2D eigenvalue weighted by Gasteiger charge is -2.33. The zero-order valence-electron chi connectivity index (χ0n) is 20.5. The van der Waals surface area contributed by atoms with E-state index in [1.165, 1.54) is 38.2 Å². The maximum Gasteiger partial charge on any atom is 0.239 e. The van der Waals surface area contributed by atoms with Crippen LogP contribution >= 0.6 is 11.6 Å². The summed E-state index contributed by atoms with van der Waals surface area (Å²) < 4.78 is 16.3. The van der Waals surface area contributed by atoms with Crippen molar-refractivity contribution in [3.8, 4) is 0 Å². The average Bonchev–Trinajstić information content (AvgIpc) is 3.54. The molecule has 2 aliphatic heterocycles. The third kappa shape index (κ3) is 4.51. The van der Waals surface area contributed by atoms with Gasteiger partial charge in [-0.1, -0.05) is 36.9 Å². The van der Waals surface area contributed by atoms with Gasteiger partial charge in [0.05, 0.1) is 22.3 Å². The van der Waals surface area contributed by atoms with Gasteiger partial charge in [0.1, 0.15) is 5.82 Å². The van der Waals surface area contributed by atoms with E-state index < -0.39 is 5.82 Å². The summed E-state index contributed by atoms with van der Waals surface area (Å²) in [6, 6.07) is 6.49. The molecule has 3 fully saturated rings. The van der Waals surface area contributed by atoms with Gasteiger partial charge in [0.25, 0.3) is 0 Å². The first-order valence-electron chi connectivity index (χ1n) is 12.7. The second-order valence-electron chi connectivity index (χ2n) is 11.6. The van der Waals surface area contributed by atoms with Crippen molar-refractivity contribution in [3.63, 3.8) is 0 Å². The molecule has 1 saturated carbocycles. The summed E-state index contributed by atoms with van der Waals surface area (Å²) in [6.07, 6.45) is 10.1. The van der Waals surface area contributed by atoms with Crippen molar-refractivity contribution in [1.82, 2.24) is 20.0 Å². The zero-order chi connectivity index (χ0) is 24.1. The fourth-order valence-corrected chi connectivity index (χ4v) is 6.37. The maximum absolute atomic E-state index is 14.4. The largest absolute Gasteiger partial charge is 0.341 e. The van der Waals surface area contributed by atoms with Gasteiger partial charge in [0.15, 0.2) is 0 Å². The number of carbonyl (C=O) groups is 1. The molecule has 1 aromatic heterocycles. The second kappa shape index (κ2) is 8.94. The number of hydrogen-bond acceptors (Lipinski definition) is 3. The molecule has 2 aromatic rings. The van der Waals surface area contributed by atoms with Crippen LogP contribution in [0.1, 0.15) is 88.9 Å². The maximum atomic E-state index is 14.4. The van der Waals surface area contributed by atoms with Crippen LogP contribution in [0.2, 0.25) is 5.02 Å². The molecule has 0 unspecified atom stereocenters. The molecule has 3 heterocycles. The number of nitrogens with one attached hydrogen (secondary N) is 1. The molecule has 1 aromatic carbocycles. The molecule has 0 radical (unpaired) electrons. The van der Waals surface area contributed by atoms with E-state index in [2.05, 4.69) is 31.0 Å². The highest BCUT2D eigenvalue weighted by Gasteiger charge is 2.46. The van der Waals surface area contributed by atoms with Crippen LogP contribution in [0.3, 0.4) is 0 Å². The predicted molar refractivity (Wildman–Crippen MR) is 132 cm³/mol. The third-order valence-corrected chi connectivity index (χ3v) is 8.52. The molecule has 1 N–H and O–H groups in total. The lowest BCUT2D eigenvalue weighted by Crippen LogP contribution is -2.44. The lowest BCUT2D eigenvalue weighted by molar-refractivity contribution is -0.132. The highest BCUT2D eigenvalue weighted by atomic mass is 35.5. The van der Waals surface area contributed by atoms with Crippen LogP contribution < -0.4 is 5.32 Å². The SMILES string of the molecule is CC(C)(C)n1ccc([C@@H]2C[C@H](C(=O)N3CCC4(CCCCC4)C3)N[C@@H]2c2ccc(Cl)c(F)c2)n1. The molecule has 7 heteroatoms. The van der Waals surface area contributed by atoms with Crippen LogP contribution in [-0.2, 0) is 10.3 Å². The van der Waals surface area contributed by atoms with Gasteiger partial charge in [-0.2, -0.15) is 5.10 Å². The van der Waals surface area contributed by atoms with E-state index in [9.17, 15) is 9.18 Å². The predicted octanol–water partition coefficient (Wildman–Crippen LogP) is 5.80. The number of rotatable bonds is 3. The molecule has 34 heavy (non-hydrogen) atoms. The van der Waals surface area contributed by atoms with Crippen molar-refractivity contribution in [3.05, 3.63) is 52.6 Å². The first-order valence-corrected chi connectivity index (χ1v) is 13.1. The average molecular weight is 487 g/mol. The Labute approximate surface area is 207 Å². The van der Waals surface area contributed by atoms with Gasteiger partial charge in [-0.15, -0.1) is 0 Å². The van der Waals surface area contributed by atoms with E-state index in [0.717, 1.165) is 30.8 Å². The van der Waals surface area contributed by atoms with E-state index in [-0.39, 0.29) is 34.5 Å². The number of nitrogens with zero attached hydrogens (tertiary/aromatic N) is 3. The van der Waals surface area contributed by atoms with Crippen molar-refractivity contribution >= 4 is 17.5 Å². The topological polar surface area (TPSA) is 50.2 Å². The van der Waals surface area contributed by atoms with Crippen LogP contribution in [0.15, 0.2) is 30.5 Å². The van der Waals surface area contributed by atoms with Gasteiger partial charge in [-0.3, -0.25) is 14.8 Å². The van der Waals surface area contributed by atoms with Crippen LogP contribution in [0.25, 0.3) is 0 Å². The van der Waals surface area contributed by atoms with Gasteiger partial charge in [-0.05, 0) is 75.6 Å². The summed E-state index contributed by atoms with van der Waals surface area (Å²) in [5.41, 5.74) is 1.93. The minimum atomic E-state index is -0.437. The highest BCUT2D eigenvalue weighted by Crippen LogP contribution is 2.45. The summed E-state index contributed by atoms with van der Waals surface area (Å²) in [4.78, 5) is 15.7. The Morgan fingerprint density at radius 3 is 2.62 bits per heavy atom. The molecule has 1 spiro atoms. The van der Waals surface area contributed by atoms with E-state index >= 15 is 0 Å². The number of hydrogen-bond donors (Lipinski definition) is 1. The van der Waals surface area contributed by atoms with Crippen LogP contribution in [0.5, 0.6) is 0 Å². The zero-order valence-corrected chi connectivity index (χ0v) is 21.2. The van der Waals surface area contributed by atoms with Crippen LogP contribution in [0.4, 0.5) is 4.39 Å². The van der Waals surface area contributed by atoms with Gasteiger partial charge < -0.3 is 4.90 Å². The molecular formula is C27H36ClFN4O. The van der Waals surface area contributed by atoms with Crippen molar-refractivity contribution in [2.75, 3.05) is 13.1 Å². The first-order chi connectivity index (χ1) is 16.2. The Bertz CT molecular complexity index is 1060. The van der Waals surface area contributed by atoms with Crippen molar-refractivity contribution in [1.29, 1.82) is 0 Å². The summed E-state index contributed by atoms with van der Waals surface area (Å²) in [5.74, 6) is -0.280. The monoisotopic (exact) mass is 486 g/mol. The normalized spacial score (nSPS) is 27.0. The van der Waals surface area contributed by atoms with Gasteiger partial charge in [0.2, 0.25) is 5.91 Å². The molecule has 0 bridgehead atoms. The molecule has 3 atom stereocenters. The van der Waals surface area contributed by atoms with E-state index in [1.54, 1.807) is 6.07 Å². The number of aromatic nitrogens is 2. The number of halogens is 2. The van der Waals surface area contributed by atoms with Crippen molar-refractivity contribution in [2.24, 2.45) is 5.41 Å². The summed E-state index contributed by atoms with van der Waals surface area (Å²) in [5, 5.41) is 8.55. The molecular weight excluding hydrogens is 451 g/mol. The molecule has 2 saturated heterocycles. The van der Waals surface area contributed by atoms with Crippen LogP contribution in [0, 0.1) is 11.2 Å². The molecule has 3 aliphatic rings. The molecule has 5 nitrogen and oxygen atoms in total. The standard InChI is InChI=1S/C27H36ClFN4O/c1-26(2,3)33-13-9-22(31-33)19-16-23(30-24(19)18-7-8-20(28)21(29)15-18)25(34)32-14-12-27(17-32)10-5-4-6-11-27/h7-9,13,15,19,23-24,30H,4-6,10-12,14,16-17H2,1-3H3/t19-,23+,24+/m0/s1. The van der Waals surface area contributed by atoms with Gasteiger partial charge in [0, 0.05) is 31.2 Å². The number of benzene rings is 1. The third-order valence-electron chi connectivity index (χ3n) is 8.21. The van der Waals surface area contributed by atoms with Crippen molar-refractivity contribution in [2.45, 2.75) is 89.3 Å². The van der Waals surface area contributed by atoms with Gasteiger partial charge >= 0.3 is 0 Å². The van der Waals surface area contributed by atoms with Crippen LogP contribution in [-0.4, -0.2) is 39.7 Å². The smallest absolute Gasteiger partial charge is 0.239 e. The lowest BCUT2D eigenvalue weighted by atomic mass is 9.73. The molecule has 5 rings (SSSR count). The Morgan fingerprint density at radius 1 is 1.18 bits per heavy atom. The summed E-state index contributed by atoms with van der Waals surface area (Å²) >= 11 is 5.96. The fraction of sp³-hybridized carbons (Fsp3) is 0.630. The molecule has 1 aliphatic carbocycles. The van der Waals surface area contributed by atoms with E-state index in [4.69, 9.17) is 16.7 Å². The first kappa shape index (κ1) is 23.8. The Balaban J connectivity index is 1.40. The number of likely N-dealkylation sites (tertiary alicyclic amines) is 1. The van der Waals surface area contributed by atoms with E-state index in [0.29, 0.717) is 11.8 Å².